The van der Waals surface area contributed by atoms with E-state index in [-0.39, 0.29) is 5.78 Å². The first-order valence-electron chi connectivity index (χ1n) is 5.10. The third-order valence-electron chi connectivity index (χ3n) is 2.20. The summed E-state index contributed by atoms with van der Waals surface area (Å²) in [6, 6.07) is 3.88. The van der Waals surface area contributed by atoms with Gasteiger partial charge in [-0.1, -0.05) is 0 Å². The molecule has 0 N–H and O–H groups in total. The number of aryl methyl sites for hydroxylation is 1. The summed E-state index contributed by atoms with van der Waals surface area (Å²) in [6.45, 7) is 1.61. The van der Waals surface area contributed by atoms with Gasteiger partial charge in [0.15, 0.2) is 0 Å². The Morgan fingerprint density at radius 3 is 3.06 bits per heavy atom. The van der Waals surface area contributed by atoms with Crippen LogP contribution in [-0.4, -0.2) is 15.8 Å². The number of pyridine rings is 1. The van der Waals surface area contributed by atoms with E-state index in [4.69, 9.17) is 0 Å². The van der Waals surface area contributed by atoms with Gasteiger partial charge in [-0.2, -0.15) is 0 Å². The molecule has 0 saturated carbocycles. The highest BCUT2D eigenvalue weighted by molar-refractivity contribution is 7.09. The number of thiazole rings is 1. The molecule has 0 fully saturated rings. The lowest BCUT2D eigenvalue weighted by molar-refractivity contribution is -0.116. The van der Waals surface area contributed by atoms with Crippen molar-refractivity contribution >= 4 is 17.1 Å². The van der Waals surface area contributed by atoms with Crippen LogP contribution in [0.1, 0.15) is 18.4 Å². The molecule has 0 aliphatic rings. The number of carbonyl (C=O) groups excluding carboxylic acids is 1. The molecule has 0 atom stereocenters. The van der Waals surface area contributed by atoms with Gasteiger partial charge in [-0.15, -0.1) is 11.3 Å². The van der Waals surface area contributed by atoms with Crippen LogP contribution in [0, 0.1) is 0 Å². The highest BCUT2D eigenvalue weighted by Crippen LogP contribution is 2.21. The fourth-order valence-electron chi connectivity index (χ4n) is 1.36. The van der Waals surface area contributed by atoms with E-state index in [0.717, 1.165) is 22.7 Å². The summed E-state index contributed by atoms with van der Waals surface area (Å²) in [6.07, 6.45) is 4.84. The maximum Gasteiger partial charge on any atom is 0.130 e. The van der Waals surface area contributed by atoms with Crippen molar-refractivity contribution in [2.75, 3.05) is 0 Å². The fraction of sp³-hybridized carbons (Fsp3) is 0.250. The van der Waals surface area contributed by atoms with Crippen LogP contribution in [-0.2, 0) is 11.2 Å². The molecule has 0 aliphatic carbocycles. The number of carbonyl (C=O) groups is 1. The molecule has 0 aromatic carbocycles. The van der Waals surface area contributed by atoms with Crippen LogP contribution in [0.4, 0.5) is 0 Å². The first kappa shape index (κ1) is 11.0. The van der Waals surface area contributed by atoms with Crippen molar-refractivity contribution in [2.45, 2.75) is 19.8 Å². The van der Waals surface area contributed by atoms with Crippen molar-refractivity contribution in [3.63, 3.8) is 0 Å². The number of Topliss-reactive ketones (excluding diaryl/α,β-unsaturated/α-hetero) is 1. The third kappa shape index (κ3) is 2.73. The van der Waals surface area contributed by atoms with Gasteiger partial charge in [-0.25, -0.2) is 4.98 Å². The molecule has 0 saturated heterocycles. The summed E-state index contributed by atoms with van der Waals surface area (Å²) < 4.78 is 0. The lowest BCUT2D eigenvalue weighted by Crippen LogP contribution is -1.93. The monoisotopic (exact) mass is 232 g/mol. The van der Waals surface area contributed by atoms with Crippen molar-refractivity contribution in [3.05, 3.63) is 34.9 Å². The molecule has 2 aromatic heterocycles. The van der Waals surface area contributed by atoms with Gasteiger partial charge >= 0.3 is 0 Å². The molecule has 3 nitrogen and oxygen atoms in total. The van der Waals surface area contributed by atoms with Gasteiger partial charge in [0.05, 0.1) is 10.7 Å². The van der Waals surface area contributed by atoms with Crippen LogP contribution >= 0.6 is 11.3 Å². The molecule has 0 amide bonds. The second kappa shape index (κ2) is 4.99. The van der Waals surface area contributed by atoms with E-state index >= 15 is 0 Å². The Kier molecular flexibility index (Phi) is 3.41. The Balaban J connectivity index is 2.11. The molecular formula is C12H12N2OS. The number of hydrogen-bond acceptors (Lipinski definition) is 4. The topological polar surface area (TPSA) is 42.9 Å². The average molecular weight is 232 g/mol. The van der Waals surface area contributed by atoms with Crippen LogP contribution in [0.25, 0.3) is 11.3 Å². The smallest absolute Gasteiger partial charge is 0.130 e. The lowest BCUT2D eigenvalue weighted by Gasteiger charge is -1.94. The van der Waals surface area contributed by atoms with Crippen LogP contribution in [0.2, 0.25) is 0 Å². The number of ketones is 1. The zero-order valence-electron chi connectivity index (χ0n) is 9.01. The predicted molar refractivity (Wildman–Crippen MR) is 64.3 cm³/mol. The molecule has 2 aromatic rings. The second-order valence-electron chi connectivity index (χ2n) is 3.57. The summed E-state index contributed by atoms with van der Waals surface area (Å²) in [5, 5.41) is 3.01. The first-order valence-corrected chi connectivity index (χ1v) is 5.98. The van der Waals surface area contributed by atoms with Gasteiger partial charge in [0.2, 0.25) is 0 Å². The highest BCUT2D eigenvalue weighted by atomic mass is 32.1. The number of nitrogens with zero attached hydrogens (tertiary/aromatic N) is 2. The third-order valence-corrected chi connectivity index (χ3v) is 3.11. The second-order valence-corrected chi connectivity index (χ2v) is 4.51. The van der Waals surface area contributed by atoms with Crippen molar-refractivity contribution in [2.24, 2.45) is 0 Å². The SMILES string of the molecule is CC(=O)CCc1nc(-c2cccnc2)cs1. The zero-order valence-corrected chi connectivity index (χ0v) is 9.83. The summed E-state index contributed by atoms with van der Waals surface area (Å²) in [4.78, 5) is 19.4. The summed E-state index contributed by atoms with van der Waals surface area (Å²) in [5.41, 5.74) is 1.96. The average Bonchev–Trinajstić information content (AvgIpc) is 2.76. The largest absolute Gasteiger partial charge is 0.300 e. The van der Waals surface area contributed by atoms with E-state index in [2.05, 4.69) is 9.97 Å². The number of aromatic nitrogens is 2. The summed E-state index contributed by atoms with van der Waals surface area (Å²) in [5.74, 6) is 0.207. The van der Waals surface area contributed by atoms with E-state index < -0.39 is 0 Å². The normalized spacial score (nSPS) is 10.3. The fourth-order valence-corrected chi connectivity index (χ4v) is 2.16. The molecule has 0 unspecified atom stereocenters. The Morgan fingerprint density at radius 2 is 2.38 bits per heavy atom. The van der Waals surface area contributed by atoms with Gasteiger partial charge in [-0.3, -0.25) is 4.98 Å². The number of rotatable bonds is 4. The molecule has 2 heterocycles. The standard InChI is InChI=1S/C12H12N2OS/c1-9(15)4-5-12-14-11(8-16-12)10-3-2-6-13-7-10/h2-3,6-8H,4-5H2,1H3. The van der Waals surface area contributed by atoms with Gasteiger partial charge in [0, 0.05) is 36.2 Å². The molecule has 2 rings (SSSR count). The molecule has 0 bridgehead atoms. The van der Waals surface area contributed by atoms with Crippen LogP contribution in [0.15, 0.2) is 29.9 Å². The molecular weight excluding hydrogens is 220 g/mol. The first-order chi connectivity index (χ1) is 7.75. The Morgan fingerprint density at radius 1 is 1.50 bits per heavy atom. The van der Waals surface area contributed by atoms with Gasteiger partial charge < -0.3 is 4.79 Å². The van der Waals surface area contributed by atoms with E-state index in [9.17, 15) is 4.79 Å². The highest BCUT2D eigenvalue weighted by Gasteiger charge is 2.05. The molecule has 0 spiro atoms. The van der Waals surface area contributed by atoms with Crippen LogP contribution < -0.4 is 0 Å². The van der Waals surface area contributed by atoms with Crippen molar-refractivity contribution in [1.82, 2.24) is 9.97 Å². The Labute approximate surface area is 98.2 Å². The quantitative estimate of drug-likeness (QED) is 0.814. The molecule has 0 radical (unpaired) electrons. The summed E-state index contributed by atoms with van der Waals surface area (Å²) in [7, 11) is 0. The van der Waals surface area contributed by atoms with Crippen molar-refractivity contribution < 1.29 is 4.79 Å². The molecule has 4 heteroatoms. The Bertz CT molecular complexity index is 479. The molecule has 0 aliphatic heterocycles. The predicted octanol–water partition coefficient (Wildman–Crippen LogP) is 2.73. The van der Waals surface area contributed by atoms with Crippen molar-refractivity contribution in [3.8, 4) is 11.3 Å². The molecule has 82 valence electrons. The van der Waals surface area contributed by atoms with E-state index in [1.165, 1.54) is 0 Å². The van der Waals surface area contributed by atoms with Gasteiger partial charge in [0.25, 0.3) is 0 Å². The van der Waals surface area contributed by atoms with Gasteiger partial charge in [0.1, 0.15) is 5.78 Å². The number of hydrogen-bond donors (Lipinski definition) is 0. The maximum absolute atomic E-state index is 10.9. The van der Waals surface area contributed by atoms with E-state index in [0.29, 0.717) is 6.42 Å². The van der Waals surface area contributed by atoms with Gasteiger partial charge in [-0.05, 0) is 19.1 Å². The minimum Gasteiger partial charge on any atom is -0.300 e. The molecule has 16 heavy (non-hydrogen) atoms. The summed E-state index contributed by atoms with van der Waals surface area (Å²) >= 11 is 1.60. The minimum atomic E-state index is 0.207. The minimum absolute atomic E-state index is 0.207. The van der Waals surface area contributed by atoms with Crippen LogP contribution in [0.3, 0.4) is 0 Å². The maximum atomic E-state index is 10.9. The Hall–Kier alpha value is -1.55. The zero-order chi connectivity index (χ0) is 11.4. The van der Waals surface area contributed by atoms with E-state index in [1.807, 2.05) is 17.5 Å². The lowest BCUT2D eigenvalue weighted by atomic mass is 10.2. The van der Waals surface area contributed by atoms with Crippen molar-refractivity contribution in [1.29, 1.82) is 0 Å². The van der Waals surface area contributed by atoms with E-state index in [1.54, 1.807) is 30.7 Å². The van der Waals surface area contributed by atoms with Crippen LogP contribution in [0.5, 0.6) is 0 Å².